The van der Waals surface area contributed by atoms with Crippen LogP contribution in [0.5, 0.6) is 0 Å². The van der Waals surface area contributed by atoms with Gasteiger partial charge in [-0.15, -0.1) is 0 Å². The van der Waals surface area contributed by atoms with Crippen LogP contribution in [0.2, 0.25) is 0 Å². The van der Waals surface area contributed by atoms with Crippen molar-refractivity contribution in [1.29, 1.82) is 0 Å². The number of nitrogens with two attached hydrogens (primary N) is 1. The van der Waals surface area contributed by atoms with Crippen molar-refractivity contribution in [3.63, 3.8) is 0 Å². The van der Waals surface area contributed by atoms with Crippen LogP contribution in [0.4, 0.5) is 10.4 Å². The molecule has 1 aromatic rings. The first-order valence-corrected chi connectivity index (χ1v) is 3.02. The summed E-state index contributed by atoms with van der Waals surface area (Å²) in [7, 11) is 0. The standard InChI is InChI=1S/C8H11N.FH/c1-6-3-7(2)5-8(9)4-6;/h3-5H,9H2,1-2H3;1H. The summed E-state index contributed by atoms with van der Waals surface area (Å²) in [5.74, 6) is 0. The summed E-state index contributed by atoms with van der Waals surface area (Å²) in [5, 5.41) is 0. The van der Waals surface area contributed by atoms with Crippen LogP contribution in [0.25, 0.3) is 0 Å². The molecule has 0 aromatic heterocycles. The first-order valence-electron chi connectivity index (χ1n) is 3.02. The first kappa shape index (κ1) is 8.95. The Bertz CT molecular complexity index is 170. The van der Waals surface area contributed by atoms with Gasteiger partial charge in [0.2, 0.25) is 0 Å². The van der Waals surface area contributed by atoms with E-state index in [2.05, 4.69) is 6.07 Å². The van der Waals surface area contributed by atoms with Gasteiger partial charge in [0.15, 0.2) is 0 Å². The van der Waals surface area contributed by atoms with Crippen LogP contribution in [0, 0.1) is 13.8 Å². The number of nitrogen functional groups attached to an aromatic ring is 1. The van der Waals surface area contributed by atoms with E-state index < -0.39 is 0 Å². The van der Waals surface area contributed by atoms with E-state index in [1.54, 1.807) is 0 Å². The fraction of sp³-hybridized carbons (Fsp3) is 0.250. The first-order chi connectivity index (χ1) is 4.18. The van der Waals surface area contributed by atoms with Crippen LogP contribution < -0.4 is 5.73 Å². The second kappa shape index (κ2) is 3.20. The molecule has 0 aliphatic carbocycles. The normalized spacial score (nSPS) is 8.60. The second-order valence-electron chi connectivity index (χ2n) is 2.42. The Kier molecular flexibility index (Phi) is 2.87. The van der Waals surface area contributed by atoms with Crippen molar-refractivity contribution < 1.29 is 4.70 Å². The van der Waals surface area contributed by atoms with Gasteiger partial charge >= 0.3 is 0 Å². The molecule has 0 amide bonds. The number of benzene rings is 1. The van der Waals surface area contributed by atoms with Gasteiger partial charge in [-0.05, 0) is 37.1 Å². The molecule has 0 bridgehead atoms. The van der Waals surface area contributed by atoms with Gasteiger partial charge < -0.3 is 5.73 Å². The molecular weight excluding hydrogens is 129 g/mol. The minimum absolute atomic E-state index is 0. The summed E-state index contributed by atoms with van der Waals surface area (Å²) in [6.07, 6.45) is 0. The molecule has 0 radical (unpaired) electrons. The molecule has 0 spiro atoms. The molecule has 1 rings (SSSR count). The van der Waals surface area contributed by atoms with Crippen LogP contribution in [0.3, 0.4) is 0 Å². The lowest BCUT2D eigenvalue weighted by Gasteiger charge is -1.97. The highest BCUT2D eigenvalue weighted by atomic mass is 19.0. The molecule has 1 nitrogen and oxygen atoms in total. The number of aryl methyl sites for hydroxylation is 2. The van der Waals surface area contributed by atoms with Gasteiger partial charge in [-0.1, -0.05) is 6.07 Å². The maximum absolute atomic E-state index is 5.56. The number of rotatable bonds is 0. The van der Waals surface area contributed by atoms with Crippen LogP contribution in [0.1, 0.15) is 11.1 Å². The zero-order valence-corrected chi connectivity index (χ0v) is 6.22. The van der Waals surface area contributed by atoms with E-state index in [0.29, 0.717) is 0 Å². The summed E-state index contributed by atoms with van der Waals surface area (Å²) in [6.45, 7) is 4.09. The van der Waals surface area contributed by atoms with E-state index in [-0.39, 0.29) is 4.70 Å². The quantitative estimate of drug-likeness (QED) is 0.550. The van der Waals surface area contributed by atoms with Crippen LogP contribution in [0.15, 0.2) is 18.2 Å². The Balaban J connectivity index is 0.000000810. The van der Waals surface area contributed by atoms with Crippen LogP contribution in [-0.2, 0) is 0 Å². The molecule has 10 heavy (non-hydrogen) atoms. The maximum atomic E-state index is 5.56. The third kappa shape index (κ3) is 2.05. The summed E-state index contributed by atoms with van der Waals surface area (Å²) in [4.78, 5) is 0. The van der Waals surface area contributed by atoms with E-state index >= 15 is 0 Å². The molecular formula is C8H12FN. The van der Waals surface area contributed by atoms with Crippen molar-refractivity contribution in [3.8, 4) is 0 Å². The summed E-state index contributed by atoms with van der Waals surface area (Å²) >= 11 is 0. The molecule has 0 saturated heterocycles. The molecule has 1 aromatic carbocycles. The van der Waals surface area contributed by atoms with E-state index in [1.807, 2.05) is 26.0 Å². The lowest BCUT2D eigenvalue weighted by molar-refractivity contribution is 1.11. The van der Waals surface area contributed by atoms with Gasteiger partial charge in [0.25, 0.3) is 0 Å². The fourth-order valence-electron chi connectivity index (χ4n) is 1.01. The van der Waals surface area contributed by atoms with Crippen molar-refractivity contribution in [2.75, 3.05) is 5.73 Å². The van der Waals surface area contributed by atoms with Gasteiger partial charge in [-0.2, -0.15) is 0 Å². The van der Waals surface area contributed by atoms with Gasteiger partial charge in [-0.25, -0.2) is 0 Å². The monoisotopic (exact) mass is 141 g/mol. The van der Waals surface area contributed by atoms with E-state index in [9.17, 15) is 0 Å². The molecule has 0 saturated carbocycles. The van der Waals surface area contributed by atoms with Crippen molar-refractivity contribution in [3.05, 3.63) is 29.3 Å². The molecule has 0 aliphatic heterocycles. The van der Waals surface area contributed by atoms with Crippen molar-refractivity contribution in [2.24, 2.45) is 0 Å². The Morgan fingerprint density at radius 1 is 1.00 bits per heavy atom. The highest BCUT2D eigenvalue weighted by molar-refractivity contribution is 5.43. The SMILES string of the molecule is Cc1cc(C)cc(N)c1.F. The largest absolute Gasteiger partial charge is 0.399 e. The van der Waals surface area contributed by atoms with Crippen molar-refractivity contribution in [2.45, 2.75) is 13.8 Å². The topological polar surface area (TPSA) is 26.0 Å². The average Bonchev–Trinajstić information content (AvgIpc) is 1.59. The van der Waals surface area contributed by atoms with Gasteiger partial charge in [0.1, 0.15) is 0 Å². The Morgan fingerprint density at radius 3 is 1.70 bits per heavy atom. The maximum Gasteiger partial charge on any atom is 0.0319 e. The Labute approximate surface area is 60.2 Å². The summed E-state index contributed by atoms with van der Waals surface area (Å²) < 4.78 is 0. The highest BCUT2D eigenvalue weighted by Crippen LogP contribution is 2.08. The molecule has 56 valence electrons. The minimum atomic E-state index is 0. The third-order valence-electron chi connectivity index (χ3n) is 1.24. The predicted molar refractivity (Wildman–Crippen MR) is 42.8 cm³/mol. The van der Waals surface area contributed by atoms with Gasteiger partial charge in [-0.3, -0.25) is 4.70 Å². The van der Waals surface area contributed by atoms with E-state index in [1.165, 1.54) is 11.1 Å². The minimum Gasteiger partial charge on any atom is -0.399 e. The molecule has 0 heterocycles. The lowest BCUT2D eigenvalue weighted by Crippen LogP contribution is -1.86. The zero-order chi connectivity index (χ0) is 6.85. The molecule has 0 aliphatic rings. The van der Waals surface area contributed by atoms with Crippen molar-refractivity contribution in [1.82, 2.24) is 0 Å². The number of anilines is 1. The molecule has 2 heteroatoms. The molecule has 2 N–H and O–H groups in total. The van der Waals surface area contributed by atoms with E-state index in [0.717, 1.165) is 5.69 Å². The predicted octanol–water partition coefficient (Wildman–Crippen LogP) is 2.04. The molecule has 0 unspecified atom stereocenters. The van der Waals surface area contributed by atoms with Crippen LogP contribution in [-0.4, -0.2) is 0 Å². The third-order valence-corrected chi connectivity index (χ3v) is 1.24. The second-order valence-corrected chi connectivity index (χ2v) is 2.42. The molecule has 0 fully saturated rings. The van der Waals surface area contributed by atoms with Crippen LogP contribution >= 0.6 is 0 Å². The highest BCUT2D eigenvalue weighted by Gasteiger charge is 1.87. The fourth-order valence-corrected chi connectivity index (χ4v) is 1.01. The van der Waals surface area contributed by atoms with Crippen molar-refractivity contribution >= 4 is 5.69 Å². The Morgan fingerprint density at radius 2 is 1.40 bits per heavy atom. The summed E-state index contributed by atoms with van der Waals surface area (Å²) in [6, 6.07) is 6.04. The molecule has 0 atom stereocenters. The summed E-state index contributed by atoms with van der Waals surface area (Å²) in [5.41, 5.74) is 8.87. The number of hydrogen-bond donors (Lipinski definition) is 1. The van der Waals surface area contributed by atoms with E-state index in [4.69, 9.17) is 5.73 Å². The van der Waals surface area contributed by atoms with Gasteiger partial charge in [0, 0.05) is 5.69 Å². The lowest BCUT2D eigenvalue weighted by atomic mass is 10.1. The number of hydrogen-bond acceptors (Lipinski definition) is 1. The smallest absolute Gasteiger partial charge is 0.0319 e. The number of halogens is 1. The zero-order valence-electron chi connectivity index (χ0n) is 6.22. The average molecular weight is 141 g/mol. The Hall–Kier alpha value is -1.05. The van der Waals surface area contributed by atoms with Gasteiger partial charge in [0.05, 0.1) is 0 Å².